The van der Waals surface area contributed by atoms with Crippen molar-refractivity contribution in [1.82, 2.24) is 10.2 Å². The molecule has 3 nitrogen and oxygen atoms in total. The standard InChI is InChI=1S/C13H20N2OS/c1-2-13(17-7-1)9-15-5-6-16-10-12(15)8-14-11-3-4-11/h1-2,7,11-12,14H,3-6,8-10H2. The average Bonchev–Trinajstić information content (AvgIpc) is 3.05. The molecule has 1 N–H and O–H groups in total. The third-order valence-electron chi connectivity index (χ3n) is 3.51. The molecule has 1 aromatic rings. The predicted molar refractivity (Wildman–Crippen MR) is 70.4 cm³/mol. The predicted octanol–water partition coefficient (Wildman–Crippen LogP) is 1.70. The van der Waals surface area contributed by atoms with Crippen LogP contribution < -0.4 is 5.32 Å². The first kappa shape index (κ1) is 11.7. The lowest BCUT2D eigenvalue weighted by Gasteiger charge is -2.35. The van der Waals surface area contributed by atoms with Gasteiger partial charge in [0.15, 0.2) is 0 Å². The monoisotopic (exact) mass is 252 g/mol. The number of rotatable bonds is 5. The number of hydrogen-bond acceptors (Lipinski definition) is 4. The molecule has 1 atom stereocenters. The zero-order chi connectivity index (χ0) is 11.5. The van der Waals surface area contributed by atoms with Crippen molar-refractivity contribution in [1.29, 1.82) is 0 Å². The zero-order valence-electron chi connectivity index (χ0n) is 10.1. The smallest absolute Gasteiger partial charge is 0.0635 e. The van der Waals surface area contributed by atoms with E-state index in [0.717, 1.165) is 38.9 Å². The fourth-order valence-corrected chi connectivity index (χ4v) is 3.01. The molecule has 1 aliphatic carbocycles. The normalized spacial score (nSPS) is 26.2. The molecule has 1 saturated heterocycles. The maximum atomic E-state index is 5.61. The SMILES string of the molecule is c1csc(CN2CCOCC2CNC2CC2)c1. The van der Waals surface area contributed by atoms with Gasteiger partial charge in [-0.3, -0.25) is 4.90 Å². The second-order valence-electron chi connectivity index (χ2n) is 4.96. The van der Waals surface area contributed by atoms with Crippen LogP contribution in [-0.4, -0.2) is 43.3 Å². The summed E-state index contributed by atoms with van der Waals surface area (Å²) in [5.41, 5.74) is 0. The summed E-state index contributed by atoms with van der Waals surface area (Å²) in [6.07, 6.45) is 2.72. The number of nitrogens with zero attached hydrogens (tertiary/aromatic N) is 1. The number of morpholine rings is 1. The summed E-state index contributed by atoms with van der Waals surface area (Å²) in [6, 6.07) is 5.70. The van der Waals surface area contributed by atoms with E-state index in [0.29, 0.717) is 6.04 Å². The molecule has 2 heterocycles. The lowest BCUT2D eigenvalue weighted by Crippen LogP contribution is -2.50. The van der Waals surface area contributed by atoms with Crippen LogP contribution in [0.2, 0.25) is 0 Å². The quantitative estimate of drug-likeness (QED) is 0.863. The summed E-state index contributed by atoms with van der Waals surface area (Å²) in [7, 11) is 0. The number of nitrogens with one attached hydrogen (secondary N) is 1. The Morgan fingerprint density at radius 3 is 3.18 bits per heavy atom. The molecule has 2 fully saturated rings. The van der Waals surface area contributed by atoms with Crippen LogP contribution in [0.4, 0.5) is 0 Å². The van der Waals surface area contributed by atoms with Crippen molar-refractivity contribution in [3.8, 4) is 0 Å². The van der Waals surface area contributed by atoms with Crippen molar-refractivity contribution in [2.24, 2.45) is 0 Å². The van der Waals surface area contributed by atoms with Gasteiger partial charge >= 0.3 is 0 Å². The highest BCUT2D eigenvalue weighted by atomic mass is 32.1. The highest BCUT2D eigenvalue weighted by Crippen LogP contribution is 2.20. The van der Waals surface area contributed by atoms with Crippen LogP contribution >= 0.6 is 11.3 Å². The molecule has 1 saturated carbocycles. The molecule has 1 unspecified atom stereocenters. The summed E-state index contributed by atoms with van der Waals surface area (Å²) in [4.78, 5) is 4.02. The third-order valence-corrected chi connectivity index (χ3v) is 4.37. The Labute approximate surface area is 107 Å². The van der Waals surface area contributed by atoms with Crippen molar-refractivity contribution < 1.29 is 4.74 Å². The van der Waals surface area contributed by atoms with Crippen molar-refractivity contribution >= 4 is 11.3 Å². The highest BCUT2D eigenvalue weighted by Gasteiger charge is 2.26. The second-order valence-corrected chi connectivity index (χ2v) is 5.99. The van der Waals surface area contributed by atoms with Crippen LogP contribution in [0.1, 0.15) is 17.7 Å². The lowest BCUT2D eigenvalue weighted by atomic mass is 10.2. The summed E-state index contributed by atoms with van der Waals surface area (Å²) in [6.45, 7) is 4.99. The number of hydrogen-bond donors (Lipinski definition) is 1. The molecular formula is C13H20N2OS. The Hall–Kier alpha value is -0.420. The minimum Gasteiger partial charge on any atom is -0.378 e. The molecule has 0 spiro atoms. The van der Waals surface area contributed by atoms with Gasteiger partial charge < -0.3 is 10.1 Å². The molecule has 17 heavy (non-hydrogen) atoms. The van der Waals surface area contributed by atoms with Crippen LogP contribution in [0.25, 0.3) is 0 Å². The van der Waals surface area contributed by atoms with E-state index in [1.54, 1.807) is 0 Å². The molecule has 0 radical (unpaired) electrons. The van der Waals surface area contributed by atoms with Gasteiger partial charge in [-0.05, 0) is 24.3 Å². The highest BCUT2D eigenvalue weighted by molar-refractivity contribution is 7.09. The van der Waals surface area contributed by atoms with Crippen molar-refractivity contribution in [3.05, 3.63) is 22.4 Å². The first-order valence-corrected chi connectivity index (χ1v) is 7.37. The number of thiophene rings is 1. The topological polar surface area (TPSA) is 24.5 Å². The molecule has 0 amide bonds. The van der Waals surface area contributed by atoms with Crippen LogP contribution in [-0.2, 0) is 11.3 Å². The van der Waals surface area contributed by atoms with Gasteiger partial charge in [0.25, 0.3) is 0 Å². The molecule has 4 heteroatoms. The van der Waals surface area contributed by atoms with Crippen LogP contribution in [0.15, 0.2) is 17.5 Å². The van der Waals surface area contributed by atoms with Gasteiger partial charge in [-0.25, -0.2) is 0 Å². The van der Waals surface area contributed by atoms with E-state index in [4.69, 9.17) is 4.74 Å². The van der Waals surface area contributed by atoms with E-state index in [2.05, 4.69) is 27.7 Å². The molecule has 3 rings (SSSR count). The fraction of sp³-hybridized carbons (Fsp3) is 0.692. The van der Waals surface area contributed by atoms with Gasteiger partial charge in [0.05, 0.1) is 13.2 Å². The maximum absolute atomic E-state index is 5.61. The minimum absolute atomic E-state index is 0.548. The van der Waals surface area contributed by atoms with Crippen molar-refractivity contribution in [2.45, 2.75) is 31.5 Å². The Morgan fingerprint density at radius 1 is 1.47 bits per heavy atom. The maximum Gasteiger partial charge on any atom is 0.0635 e. The summed E-state index contributed by atoms with van der Waals surface area (Å²) in [5, 5.41) is 5.78. The van der Waals surface area contributed by atoms with Gasteiger partial charge in [0.2, 0.25) is 0 Å². The van der Waals surface area contributed by atoms with E-state index in [1.807, 2.05) is 11.3 Å². The second kappa shape index (κ2) is 5.48. The first-order valence-electron chi connectivity index (χ1n) is 6.49. The van der Waals surface area contributed by atoms with E-state index < -0.39 is 0 Å². The van der Waals surface area contributed by atoms with E-state index in [-0.39, 0.29) is 0 Å². The molecule has 94 valence electrons. The Morgan fingerprint density at radius 2 is 2.41 bits per heavy atom. The molecule has 1 aliphatic heterocycles. The van der Waals surface area contributed by atoms with Crippen molar-refractivity contribution in [2.75, 3.05) is 26.3 Å². The molecule has 0 aromatic carbocycles. The summed E-state index contributed by atoms with van der Waals surface area (Å²) >= 11 is 1.85. The Balaban J connectivity index is 1.54. The molecule has 2 aliphatic rings. The van der Waals surface area contributed by atoms with Crippen LogP contribution in [0.3, 0.4) is 0 Å². The first-order chi connectivity index (χ1) is 8.42. The Kier molecular flexibility index (Phi) is 3.76. The summed E-state index contributed by atoms with van der Waals surface area (Å²) in [5.74, 6) is 0. The van der Waals surface area contributed by atoms with Gasteiger partial charge in [0.1, 0.15) is 0 Å². The Bertz CT molecular complexity index is 337. The third kappa shape index (κ3) is 3.28. The van der Waals surface area contributed by atoms with Crippen LogP contribution in [0, 0.1) is 0 Å². The summed E-state index contributed by atoms with van der Waals surface area (Å²) < 4.78 is 5.61. The zero-order valence-corrected chi connectivity index (χ0v) is 10.9. The van der Waals surface area contributed by atoms with E-state index in [9.17, 15) is 0 Å². The molecular weight excluding hydrogens is 232 g/mol. The van der Waals surface area contributed by atoms with E-state index >= 15 is 0 Å². The van der Waals surface area contributed by atoms with Gasteiger partial charge in [-0.15, -0.1) is 11.3 Å². The van der Waals surface area contributed by atoms with Crippen LogP contribution in [0.5, 0.6) is 0 Å². The minimum atomic E-state index is 0.548. The average molecular weight is 252 g/mol. The van der Waals surface area contributed by atoms with E-state index in [1.165, 1.54) is 17.7 Å². The lowest BCUT2D eigenvalue weighted by molar-refractivity contribution is -0.0106. The van der Waals surface area contributed by atoms with Gasteiger partial charge in [-0.2, -0.15) is 0 Å². The van der Waals surface area contributed by atoms with Gasteiger partial charge in [0, 0.05) is 36.6 Å². The van der Waals surface area contributed by atoms with Crippen molar-refractivity contribution in [3.63, 3.8) is 0 Å². The number of ether oxygens (including phenoxy) is 1. The largest absolute Gasteiger partial charge is 0.378 e. The van der Waals surface area contributed by atoms with Gasteiger partial charge in [-0.1, -0.05) is 6.07 Å². The molecule has 1 aromatic heterocycles. The molecule has 0 bridgehead atoms. The fourth-order valence-electron chi connectivity index (χ4n) is 2.28.